The molecule has 9 heteroatoms. The van der Waals surface area contributed by atoms with E-state index in [0.29, 0.717) is 0 Å². The maximum absolute atomic E-state index is 10.9. The molecular formula is C9H10ClN3O5. The van der Waals surface area contributed by atoms with Crippen molar-refractivity contribution >= 4 is 23.3 Å². The second-order valence-corrected chi connectivity index (χ2v) is 3.47. The molecule has 0 aliphatic heterocycles. The van der Waals surface area contributed by atoms with Crippen molar-refractivity contribution < 1.29 is 19.3 Å². The predicted octanol–water partition coefficient (Wildman–Crippen LogP) is 0.939. The van der Waals surface area contributed by atoms with Crippen molar-refractivity contribution in [1.82, 2.24) is 5.59 Å². The van der Waals surface area contributed by atoms with E-state index < -0.39 is 10.9 Å². The number of non-ortho nitro benzene ring substituents is 1. The number of nitro benzene ring substituents is 1. The van der Waals surface area contributed by atoms with Crippen molar-refractivity contribution in [3.05, 3.63) is 33.3 Å². The Kier molecular flexibility index (Phi) is 5.31. The van der Waals surface area contributed by atoms with Crippen LogP contribution in [0.2, 0.25) is 5.02 Å². The van der Waals surface area contributed by atoms with E-state index in [9.17, 15) is 14.9 Å². The molecule has 0 bridgehead atoms. The van der Waals surface area contributed by atoms with Gasteiger partial charge in [-0.3, -0.25) is 14.9 Å². The van der Waals surface area contributed by atoms with Gasteiger partial charge in [0, 0.05) is 12.1 Å². The Morgan fingerprint density at radius 2 is 2.28 bits per heavy atom. The number of ether oxygens (including phenoxy) is 1. The van der Waals surface area contributed by atoms with E-state index in [1.54, 1.807) is 5.59 Å². The molecule has 0 saturated heterocycles. The maximum atomic E-state index is 10.9. The molecule has 98 valence electrons. The quantitative estimate of drug-likeness (QED) is 0.451. The van der Waals surface area contributed by atoms with Crippen LogP contribution < -0.4 is 16.2 Å². The number of nitro groups is 1. The lowest BCUT2D eigenvalue weighted by Gasteiger charge is -2.07. The molecule has 0 spiro atoms. The van der Waals surface area contributed by atoms with Crippen molar-refractivity contribution in [3.63, 3.8) is 0 Å². The molecule has 1 rings (SSSR count). The zero-order valence-electron chi connectivity index (χ0n) is 9.09. The van der Waals surface area contributed by atoms with Crippen molar-refractivity contribution in [2.45, 2.75) is 6.42 Å². The van der Waals surface area contributed by atoms with Gasteiger partial charge in [-0.15, -0.1) is 0 Å². The minimum absolute atomic E-state index is 0.0119. The molecule has 8 nitrogen and oxygen atoms in total. The molecule has 0 radical (unpaired) electrons. The van der Waals surface area contributed by atoms with Crippen molar-refractivity contribution in [2.75, 3.05) is 6.61 Å². The van der Waals surface area contributed by atoms with Crippen LogP contribution in [0.15, 0.2) is 18.2 Å². The number of hydrazine groups is 1. The van der Waals surface area contributed by atoms with E-state index in [4.69, 9.17) is 22.2 Å². The minimum atomic E-state index is -0.601. The number of hydrogen-bond donors (Lipinski definition) is 2. The number of hydrogen-bond acceptors (Lipinski definition) is 7. The summed E-state index contributed by atoms with van der Waals surface area (Å²) in [6.45, 7) is 0.0119. The Hall–Kier alpha value is -1.90. The third-order valence-electron chi connectivity index (χ3n) is 1.86. The first-order valence-corrected chi connectivity index (χ1v) is 5.14. The molecule has 0 atom stereocenters. The zero-order valence-corrected chi connectivity index (χ0v) is 9.85. The number of rotatable bonds is 6. The number of halogens is 1. The van der Waals surface area contributed by atoms with Gasteiger partial charge < -0.3 is 9.57 Å². The summed E-state index contributed by atoms with van der Waals surface area (Å²) in [5.74, 6) is 4.41. The van der Waals surface area contributed by atoms with Gasteiger partial charge in [0.2, 0.25) is 0 Å². The minimum Gasteiger partial charge on any atom is -0.491 e. The maximum Gasteiger partial charge on any atom is 0.329 e. The molecule has 3 N–H and O–H groups in total. The largest absolute Gasteiger partial charge is 0.491 e. The van der Waals surface area contributed by atoms with E-state index in [2.05, 4.69) is 4.84 Å². The Bertz CT molecular complexity index is 454. The molecule has 18 heavy (non-hydrogen) atoms. The fourth-order valence-electron chi connectivity index (χ4n) is 1.08. The lowest BCUT2D eigenvalue weighted by atomic mass is 10.3. The Morgan fingerprint density at radius 1 is 1.56 bits per heavy atom. The van der Waals surface area contributed by atoms with Crippen LogP contribution in [0, 0.1) is 10.1 Å². The zero-order chi connectivity index (χ0) is 13.5. The highest BCUT2D eigenvalue weighted by atomic mass is 35.5. The molecule has 0 fully saturated rings. The first-order chi connectivity index (χ1) is 8.54. The standard InChI is InChI=1S/C9H10ClN3O5/c10-7-5-6(13(15)16)1-2-8(7)17-4-3-9(14)18-12-11/h1-2,5,12H,3-4,11H2. The highest BCUT2D eigenvalue weighted by molar-refractivity contribution is 6.32. The topological polar surface area (TPSA) is 117 Å². The number of nitrogens with one attached hydrogen (secondary N) is 1. The van der Waals surface area contributed by atoms with Gasteiger partial charge in [-0.25, -0.2) is 5.84 Å². The molecule has 0 unspecified atom stereocenters. The van der Waals surface area contributed by atoms with Crippen LogP contribution in [0.4, 0.5) is 5.69 Å². The van der Waals surface area contributed by atoms with Crippen molar-refractivity contribution in [1.29, 1.82) is 0 Å². The fourth-order valence-corrected chi connectivity index (χ4v) is 1.31. The highest BCUT2D eigenvalue weighted by Gasteiger charge is 2.11. The first kappa shape index (κ1) is 14.2. The summed E-state index contributed by atoms with van der Waals surface area (Å²) in [5, 5.41) is 10.6. The fraction of sp³-hybridized carbons (Fsp3) is 0.222. The molecule has 0 saturated carbocycles. The van der Waals surface area contributed by atoms with Crippen LogP contribution in [0.1, 0.15) is 6.42 Å². The molecule has 0 aromatic heterocycles. The van der Waals surface area contributed by atoms with E-state index in [-0.39, 0.29) is 29.5 Å². The van der Waals surface area contributed by atoms with Gasteiger partial charge in [0.15, 0.2) is 0 Å². The van der Waals surface area contributed by atoms with Crippen LogP contribution in [-0.4, -0.2) is 17.5 Å². The third kappa shape index (κ3) is 4.17. The van der Waals surface area contributed by atoms with E-state index >= 15 is 0 Å². The molecule has 0 amide bonds. The smallest absolute Gasteiger partial charge is 0.329 e. The summed E-state index contributed by atoms with van der Waals surface area (Å²) in [7, 11) is 0. The Labute approximate surface area is 107 Å². The predicted molar refractivity (Wildman–Crippen MR) is 61.6 cm³/mol. The summed E-state index contributed by atoms with van der Waals surface area (Å²) in [5.41, 5.74) is 1.60. The third-order valence-corrected chi connectivity index (χ3v) is 2.16. The molecule has 0 aliphatic carbocycles. The van der Waals surface area contributed by atoms with Gasteiger partial charge in [0.25, 0.3) is 5.69 Å². The number of nitrogens with two attached hydrogens (primary N) is 1. The summed E-state index contributed by atoms with van der Waals surface area (Å²) in [6, 6.07) is 3.77. The number of benzene rings is 1. The van der Waals surface area contributed by atoms with Gasteiger partial charge in [-0.05, 0) is 6.07 Å². The molecule has 0 heterocycles. The van der Waals surface area contributed by atoms with Gasteiger partial charge in [0.1, 0.15) is 5.75 Å². The van der Waals surface area contributed by atoms with Gasteiger partial charge in [0.05, 0.1) is 23.0 Å². The van der Waals surface area contributed by atoms with Crippen molar-refractivity contribution in [2.24, 2.45) is 5.84 Å². The second kappa shape index (κ2) is 6.74. The summed E-state index contributed by atoms with van der Waals surface area (Å²) < 4.78 is 5.16. The molecular weight excluding hydrogens is 266 g/mol. The first-order valence-electron chi connectivity index (χ1n) is 4.76. The van der Waals surface area contributed by atoms with Crippen LogP contribution in [-0.2, 0) is 9.63 Å². The summed E-state index contributed by atoms with van der Waals surface area (Å²) in [6.07, 6.45) is -0.0441. The normalized spacial score (nSPS) is 9.89. The monoisotopic (exact) mass is 275 g/mol. The van der Waals surface area contributed by atoms with Crippen LogP contribution in [0.3, 0.4) is 0 Å². The van der Waals surface area contributed by atoms with Crippen LogP contribution in [0.25, 0.3) is 0 Å². The Morgan fingerprint density at radius 3 is 2.83 bits per heavy atom. The van der Waals surface area contributed by atoms with E-state index in [1.165, 1.54) is 12.1 Å². The Balaban J connectivity index is 2.53. The van der Waals surface area contributed by atoms with E-state index in [1.807, 2.05) is 0 Å². The molecule has 1 aromatic carbocycles. The van der Waals surface area contributed by atoms with Crippen molar-refractivity contribution in [3.8, 4) is 5.75 Å². The lowest BCUT2D eigenvalue weighted by Crippen LogP contribution is -2.26. The lowest BCUT2D eigenvalue weighted by molar-refractivity contribution is -0.384. The van der Waals surface area contributed by atoms with Gasteiger partial charge >= 0.3 is 5.97 Å². The number of carbonyl (C=O) groups is 1. The second-order valence-electron chi connectivity index (χ2n) is 3.06. The average Bonchev–Trinajstić information content (AvgIpc) is 2.31. The van der Waals surface area contributed by atoms with Crippen LogP contribution in [0.5, 0.6) is 5.75 Å². The van der Waals surface area contributed by atoms with Crippen LogP contribution >= 0.6 is 11.6 Å². The van der Waals surface area contributed by atoms with E-state index in [0.717, 1.165) is 6.07 Å². The summed E-state index contributed by atoms with van der Waals surface area (Å²) in [4.78, 5) is 25.0. The number of carbonyl (C=O) groups excluding carboxylic acids is 1. The molecule has 1 aromatic rings. The highest BCUT2D eigenvalue weighted by Crippen LogP contribution is 2.28. The molecule has 0 aliphatic rings. The summed E-state index contributed by atoms with van der Waals surface area (Å²) >= 11 is 5.77. The van der Waals surface area contributed by atoms with Gasteiger partial charge in [-0.2, -0.15) is 0 Å². The number of nitrogens with zero attached hydrogens (tertiary/aromatic N) is 1. The SMILES string of the molecule is NNOC(=O)CCOc1ccc([N+](=O)[O-])cc1Cl. The average molecular weight is 276 g/mol. The van der Waals surface area contributed by atoms with Gasteiger partial charge in [-0.1, -0.05) is 17.2 Å².